The lowest BCUT2D eigenvalue weighted by molar-refractivity contribution is -0.385. The molecular weight excluding hydrogens is 791 g/mol. The number of carbonyl (C=O) groups excluding carboxylic acids is 5. The highest BCUT2D eigenvalue weighted by molar-refractivity contribution is 14.1. The van der Waals surface area contributed by atoms with Gasteiger partial charge in [0.15, 0.2) is 18.1 Å². The molecule has 3 amide bonds. The van der Waals surface area contributed by atoms with E-state index in [0.29, 0.717) is 23.1 Å². The number of halogens is 1. The van der Waals surface area contributed by atoms with Crippen LogP contribution in [-0.2, 0) is 41.6 Å². The van der Waals surface area contributed by atoms with Gasteiger partial charge in [-0.1, -0.05) is 36.4 Å². The van der Waals surface area contributed by atoms with E-state index in [1.807, 2.05) is 12.1 Å². The lowest BCUT2D eigenvalue weighted by atomic mass is 10.0. The second-order valence-corrected chi connectivity index (χ2v) is 13.6. The van der Waals surface area contributed by atoms with Crippen LogP contribution >= 0.6 is 22.6 Å². The van der Waals surface area contributed by atoms with Crippen molar-refractivity contribution in [2.45, 2.75) is 64.1 Å². The molecule has 0 bridgehead atoms. The summed E-state index contributed by atoms with van der Waals surface area (Å²) >= 11 is 2.12. The van der Waals surface area contributed by atoms with Crippen LogP contribution in [0.5, 0.6) is 5.75 Å². The maximum atomic E-state index is 14.1. The van der Waals surface area contributed by atoms with Crippen molar-refractivity contribution < 1.29 is 48.6 Å². The third-order valence-corrected chi connectivity index (χ3v) is 9.26. The second-order valence-electron chi connectivity index (χ2n) is 12.4. The Morgan fingerprint density at radius 3 is 2.27 bits per heavy atom. The number of carbonyl (C=O) groups is 6. The number of esters is 1. The smallest absolute Gasteiger partial charge is 0.339 e. The molecule has 1 saturated heterocycles. The van der Waals surface area contributed by atoms with Gasteiger partial charge in [-0.3, -0.25) is 34.1 Å². The average Bonchev–Trinajstić information content (AvgIpc) is 3.58. The van der Waals surface area contributed by atoms with Crippen molar-refractivity contribution in [3.63, 3.8) is 0 Å². The van der Waals surface area contributed by atoms with Crippen LogP contribution in [-0.4, -0.2) is 86.8 Å². The molecule has 1 heterocycles. The first-order valence-electron chi connectivity index (χ1n) is 16.2. The predicted octanol–water partition coefficient (Wildman–Crippen LogP) is 3.17. The second kappa shape index (κ2) is 17.7. The van der Waals surface area contributed by atoms with Gasteiger partial charge in [0.2, 0.25) is 17.7 Å². The van der Waals surface area contributed by atoms with E-state index in [9.17, 15) is 49.1 Å². The summed E-state index contributed by atoms with van der Waals surface area (Å²) in [6.07, 6.45) is -0.528. The number of Topliss-reactive ketones (excluding diaryl/α,β-unsaturated/α-hetero) is 1. The number of nitrogens with zero attached hydrogens (tertiary/aromatic N) is 2. The van der Waals surface area contributed by atoms with Crippen LogP contribution < -0.4 is 10.6 Å². The van der Waals surface area contributed by atoms with Crippen molar-refractivity contribution in [2.75, 3.05) is 13.2 Å². The van der Waals surface area contributed by atoms with Crippen molar-refractivity contribution in [1.82, 2.24) is 15.5 Å². The Hall–Kier alpha value is -5.39. The topological polar surface area (TPSA) is 223 Å². The third kappa shape index (κ3) is 10.3. The number of hydrogen-bond acceptors (Lipinski definition) is 10. The molecule has 274 valence electrons. The molecule has 0 aliphatic carbocycles. The summed E-state index contributed by atoms with van der Waals surface area (Å²) in [5.74, 6) is -5.63. The molecule has 16 heteroatoms. The monoisotopic (exact) mass is 828 g/mol. The van der Waals surface area contributed by atoms with Gasteiger partial charge >= 0.3 is 17.6 Å². The number of benzene rings is 3. The number of aliphatic carboxylic acids is 1. The molecule has 1 unspecified atom stereocenters. The van der Waals surface area contributed by atoms with Crippen molar-refractivity contribution in [2.24, 2.45) is 0 Å². The Morgan fingerprint density at radius 2 is 1.63 bits per heavy atom. The SMILES string of the molecule is Cc1cccc(C)c1C(=O)OCC(=O)[C@H](CC(=O)O)NC(=O)C1CCCN1C(=O)[C@@H](Cc1ccc(I)cc1)NC(=O)Cc1ccc(O)c([N+](=O)[O-])c1. The van der Waals surface area contributed by atoms with E-state index in [2.05, 4.69) is 33.2 Å². The molecule has 4 rings (SSSR count). The molecule has 15 nitrogen and oxygen atoms in total. The lowest BCUT2D eigenvalue weighted by Crippen LogP contribution is -2.56. The number of phenolic OH excluding ortho intramolecular Hbond substituents is 1. The summed E-state index contributed by atoms with van der Waals surface area (Å²) in [6, 6.07) is 12.0. The van der Waals surface area contributed by atoms with Gasteiger partial charge in [-0.05, 0) is 89.7 Å². The number of likely N-dealkylation sites (tertiary alicyclic amines) is 1. The Bertz CT molecular complexity index is 1860. The first-order chi connectivity index (χ1) is 24.6. The lowest BCUT2D eigenvalue weighted by Gasteiger charge is -2.30. The maximum absolute atomic E-state index is 14.1. The van der Waals surface area contributed by atoms with Gasteiger partial charge in [-0.25, -0.2) is 4.79 Å². The number of nitrogens with one attached hydrogen (secondary N) is 2. The first-order valence-corrected chi connectivity index (χ1v) is 17.3. The predicted molar refractivity (Wildman–Crippen MR) is 193 cm³/mol. The quantitative estimate of drug-likeness (QED) is 0.0754. The van der Waals surface area contributed by atoms with Gasteiger partial charge in [0.05, 0.1) is 23.3 Å². The molecule has 3 aromatic carbocycles. The summed E-state index contributed by atoms with van der Waals surface area (Å²) in [4.78, 5) is 90.1. The standard InChI is InChI=1S/C36H37IN4O11/c1-20-5-3-6-21(2)33(20)36(49)52-19-30(43)25(18-32(45)46)39-34(47)27-7-4-14-40(27)35(48)26(15-22-8-11-24(37)12-9-22)38-31(44)17-23-10-13-29(42)28(16-23)41(50)51/h3,5-6,8-13,16,25-27,42H,4,7,14-15,17-19H2,1-2H3,(H,38,44)(H,39,47)(H,45,46)/t25-,26+,27?/m0/s1. The minimum Gasteiger partial charge on any atom is -0.502 e. The van der Waals surface area contributed by atoms with E-state index in [-0.39, 0.29) is 36.9 Å². The van der Waals surface area contributed by atoms with Crippen LogP contribution in [0.3, 0.4) is 0 Å². The highest BCUT2D eigenvalue weighted by atomic mass is 127. The van der Waals surface area contributed by atoms with Gasteiger partial charge < -0.3 is 30.5 Å². The number of ketones is 1. The Kier molecular flexibility index (Phi) is 13.4. The fraction of sp³-hybridized carbons (Fsp3) is 0.333. The van der Waals surface area contributed by atoms with Crippen LogP contribution in [0.2, 0.25) is 0 Å². The van der Waals surface area contributed by atoms with Crippen LogP contribution in [0.1, 0.15) is 51.9 Å². The zero-order chi connectivity index (χ0) is 38.1. The molecule has 52 heavy (non-hydrogen) atoms. The van der Waals surface area contributed by atoms with Gasteiger partial charge in [0, 0.05) is 22.6 Å². The zero-order valence-corrected chi connectivity index (χ0v) is 30.5. The number of carboxylic acids is 1. The maximum Gasteiger partial charge on any atom is 0.339 e. The largest absolute Gasteiger partial charge is 0.502 e. The van der Waals surface area contributed by atoms with Gasteiger partial charge in [0.1, 0.15) is 18.1 Å². The van der Waals surface area contributed by atoms with E-state index < -0.39 is 83.0 Å². The molecule has 3 atom stereocenters. The Balaban J connectivity index is 1.49. The number of amides is 3. The average molecular weight is 829 g/mol. The van der Waals surface area contributed by atoms with Crippen molar-refractivity contribution in [1.29, 1.82) is 0 Å². The highest BCUT2D eigenvalue weighted by Crippen LogP contribution is 2.27. The van der Waals surface area contributed by atoms with Crippen LogP contribution in [0, 0.1) is 27.5 Å². The first kappa shape index (κ1) is 39.4. The Morgan fingerprint density at radius 1 is 0.981 bits per heavy atom. The third-order valence-electron chi connectivity index (χ3n) is 8.54. The molecule has 0 spiro atoms. The molecule has 1 aliphatic rings. The molecule has 4 N–H and O–H groups in total. The van der Waals surface area contributed by atoms with Crippen LogP contribution in [0.4, 0.5) is 5.69 Å². The molecule has 1 fully saturated rings. The summed E-state index contributed by atoms with van der Waals surface area (Å²) in [5, 5.41) is 35.7. The minimum absolute atomic E-state index is 0.0356. The molecule has 0 aromatic heterocycles. The summed E-state index contributed by atoms with van der Waals surface area (Å²) < 4.78 is 6.13. The normalized spacial score (nSPS) is 14.9. The molecule has 3 aromatic rings. The van der Waals surface area contributed by atoms with Crippen molar-refractivity contribution >= 4 is 63.7 Å². The summed E-state index contributed by atoms with van der Waals surface area (Å²) in [5.41, 5.74) is 1.85. The number of carboxylic acid groups (broad SMARTS) is 1. The van der Waals surface area contributed by atoms with Gasteiger partial charge in [-0.2, -0.15) is 0 Å². The van der Waals surface area contributed by atoms with Crippen molar-refractivity contribution in [3.8, 4) is 5.75 Å². The number of nitro groups is 1. The number of nitro benzene ring substituents is 1. The fourth-order valence-electron chi connectivity index (χ4n) is 5.95. The van der Waals surface area contributed by atoms with E-state index in [4.69, 9.17) is 4.74 Å². The number of aromatic hydroxyl groups is 1. The van der Waals surface area contributed by atoms with E-state index in [1.165, 1.54) is 11.0 Å². The number of phenols is 1. The minimum atomic E-state index is -1.56. The number of hydrogen-bond donors (Lipinski definition) is 4. The van der Waals surface area contributed by atoms with Crippen LogP contribution in [0.15, 0.2) is 60.7 Å². The van der Waals surface area contributed by atoms with E-state index >= 15 is 0 Å². The molecule has 1 aliphatic heterocycles. The summed E-state index contributed by atoms with van der Waals surface area (Å²) in [6.45, 7) is 2.74. The van der Waals surface area contributed by atoms with E-state index in [1.54, 1.807) is 44.2 Å². The molecular formula is C36H37IN4O11. The number of rotatable bonds is 15. The molecule has 0 saturated carbocycles. The fourth-order valence-corrected chi connectivity index (χ4v) is 6.31. The van der Waals surface area contributed by atoms with Gasteiger partial charge in [0.25, 0.3) is 0 Å². The highest BCUT2D eigenvalue weighted by Gasteiger charge is 2.39. The Labute approximate surface area is 312 Å². The van der Waals surface area contributed by atoms with E-state index in [0.717, 1.165) is 15.7 Å². The number of ether oxygens (including phenoxy) is 1. The number of aryl methyl sites for hydroxylation is 2. The van der Waals surface area contributed by atoms with Gasteiger partial charge in [-0.15, -0.1) is 0 Å². The zero-order valence-electron chi connectivity index (χ0n) is 28.3. The summed E-state index contributed by atoms with van der Waals surface area (Å²) in [7, 11) is 0. The van der Waals surface area contributed by atoms with Crippen LogP contribution in [0.25, 0.3) is 0 Å². The van der Waals surface area contributed by atoms with Crippen molar-refractivity contribution in [3.05, 3.63) is 102 Å². The molecule has 0 radical (unpaired) electrons.